The van der Waals surface area contributed by atoms with Gasteiger partial charge in [-0.25, -0.2) is 4.79 Å². The van der Waals surface area contributed by atoms with E-state index in [1.807, 2.05) is 0 Å². The molecule has 2 aromatic carbocycles. The van der Waals surface area contributed by atoms with Crippen molar-refractivity contribution < 1.29 is 32.4 Å². The molecule has 0 heterocycles. The Morgan fingerprint density at radius 1 is 0.738 bits per heavy atom. The average Bonchev–Trinajstić information content (AvgIpc) is 2.97. The Hall–Kier alpha value is -3.20. The minimum Gasteiger partial charge on any atom is -0.361 e. The van der Waals surface area contributed by atoms with Crippen molar-refractivity contribution >= 4 is 18.2 Å². The summed E-state index contributed by atoms with van der Waals surface area (Å²) in [6.07, 6.45) is 12.0. The van der Waals surface area contributed by atoms with Crippen molar-refractivity contribution in [3.8, 4) is 0 Å². The second-order valence-electron chi connectivity index (χ2n) is 10.7. The molecule has 42 heavy (non-hydrogen) atoms. The van der Waals surface area contributed by atoms with Crippen LogP contribution in [0.25, 0.3) is 0 Å². The number of benzene rings is 2. The number of hydrogen-bond acceptors (Lipinski definition) is 5. The van der Waals surface area contributed by atoms with Crippen molar-refractivity contribution in [1.82, 2.24) is 10.4 Å². The van der Waals surface area contributed by atoms with Gasteiger partial charge in [0.1, 0.15) is 0 Å². The molecular formula is C33H45F3N2O4. The topological polar surface area (TPSA) is 75.7 Å². The maximum Gasteiger partial charge on any atom is 0.416 e. The molecule has 9 heteroatoms. The Bertz CT molecular complexity index is 1060. The van der Waals surface area contributed by atoms with E-state index < -0.39 is 17.7 Å². The zero-order chi connectivity index (χ0) is 30.6. The van der Waals surface area contributed by atoms with Gasteiger partial charge in [-0.05, 0) is 41.8 Å². The maximum atomic E-state index is 12.8. The molecule has 0 unspecified atom stereocenters. The van der Waals surface area contributed by atoms with E-state index in [4.69, 9.17) is 4.84 Å². The molecule has 0 aliphatic rings. The Morgan fingerprint density at radius 2 is 1.19 bits per heavy atom. The van der Waals surface area contributed by atoms with Crippen LogP contribution in [0.1, 0.15) is 117 Å². The summed E-state index contributed by atoms with van der Waals surface area (Å²) in [5.41, 5.74) is 0.859. The molecule has 0 bridgehead atoms. The minimum absolute atomic E-state index is 0.0183. The normalized spacial score (nSPS) is 11.5. The van der Waals surface area contributed by atoms with E-state index in [0.717, 1.165) is 25.0 Å². The number of hydroxylamine groups is 2. The first-order chi connectivity index (χ1) is 20.2. The molecule has 6 nitrogen and oxygen atoms in total. The number of carbonyl (C=O) groups is 3. The fourth-order valence-electron chi connectivity index (χ4n) is 4.68. The summed E-state index contributed by atoms with van der Waals surface area (Å²) in [6, 6.07) is 11.2. The Labute approximate surface area is 248 Å². The highest BCUT2D eigenvalue weighted by atomic mass is 19.4. The zero-order valence-electron chi connectivity index (χ0n) is 24.7. The van der Waals surface area contributed by atoms with Crippen molar-refractivity contribution in [1.29, 1.82) is 0 Å². The van der Waals surface area contributed by atoms with Crippen molar-refractivity contribution in [3.05, 3.63) is 70.8 Å². The smallest absolute Gasteiger partial charge is 0.361 e. The zero-order valence-corrected chi connectivity index (χ0v) is 24.7. The molecule has 0 atom stereocenters. The summed E-state index contributed by atoms with van der Waals surface area (Å²) in [5, 5.41) is 4.13. The fraction of sp³-hybridized carbons (Fsp3) is 0.545. The summed E-state index contributed by atoms with van der Waals surface area (Å²) < 4.78 is 38.5. The fourth-order valence-corrected chi connectivity index (χ4v) is 4.68. The van der Waals surface area contributed by atoms with Gasteiger partial charge in [-0.3, -0.25) is 9.59 Å². The first-order valence-electron chi connectivity index (χ1n) is 15.2. The molecule has 2 aromatic rings. The van der Waals surface area contributed by atoms with Crippen molar-refractivity contribution in [2.24, 2.45) is 0 Å². The number of carbonyl (C=O) groups excluding carboxylic acids is 3. The van der Waals surface area contributed by atoms with Gasteiger partial charge >= 0.3 is 12.1 Å². The summed E-state index contributed by atoms with van der Waals surface area (Å²) in [5.74, 6) is -1.29. The van der Waals surface area contributed by atoms with Crippen molar-refractivity contribution in [2.45, 2.75) is 110 Å². The van der Waals surface area contributed by atoms with Gasteiger partial charge in [-0.1, -0.05) is 108 Å². The molecule has 1 N–H and O–H groups in total. The molecular weight excluding hydrogens is 545 g/mol. The van der Waals surface area contributed by atoms with Gasteiger partial charge in [0, 0.05) is 12.1 Å². The lowest BCUT2D eigenvalue weighted by atomic mass is 10.0. The standard InChI is InChI=1S/C33H45F3N2O4/c1-2-3-4-5-6-7-8-9-10-11-12-13-14-23-37-32(41)29-19-15-27(16-20-29)24-38(42-31(40)26-39)25-28-17-21-30(22-18-28)33(34,35)36/h15-22,26H,2-14,23-25H2,1H3,(H,37,41). The second-order valence-corrected chi connectivity index (χ2v) is 10.7. The number of nitrogens with one attached hydrogen (secondary N) is 1. The molecule has 2 rings (SSSR count). The largest absolute Gasteiger partial charge is 0.416 e. The summed E-state index contributed by atoms with van der Waals surface area (Å²) in [4.78, 5) is 39.9. The number of hydrogen-bond donors (Lipinski definition) is 1. The molecule has 0 fully saturated rings. The lowest BCUT2D eigenvalue weighted by Crippen LogP contribution is -2.27. The summed E-state index contributed by atoms with van der Waals surface area (Å²) in [6.45, 7) is 2.90. The van der Waals surface area contributed by atoms with Crippen LogP contribution in [-0.2, 0) is 33.7 Å². The van der Waals surface area contributed by atoms with Crippen LogP contribution in [0, 0.1) is 0 Å². The average molecular weight is 591 g/mol. The monoisotopic (exact) mass is 590 g/mol. The van der Waals surface area contributed by atoms with Crippen LogP contribution in [0.3, 0.4) is 0 Å². The van der Waals surface area contributed by atoms with Gasteiger partial charge < -0.3 is 10.2 Å². The van der Waals surface area contributed by atoms with Crippen LogP contribution >= 0.6 is 0 Å². The van der Waals surface area contributed by atoms with Crippen LogP contribution in [0.4, 0.5) is 13.2 Å². The van der Waals surface area contributed by atoms with Crippen molar-refractivity contribution in [2.75, 3.05) is 6.54 Å². The molecule has 0 aliphatic heterocycles. The first kappa shape index (κ1) is 35.0. The number of nitrogens with zero attached hydrogens (tertiary/aromatic N) is 1. The number of rotatable bonds is 21. The third-order valence-electron chi connectivity index (χ3n) is 7.10. The van der Waals surface area contributed by atoms with Gasteiger partial charge in [0.15, 0.2) is 0 Å². The third-order valence-corrected chi connectivity index (χ3v) is 7.10. The lowest BCUT2D eigenvalue weighted by Gasteiger charge is -2.20. The van der Waals surface area contributed by atoms with Crippen LogP contribution in [-0.4, -0.2) is 29.8 Å². The quantitative estimate of drug-likeness (QED) is 0.0687. The second kappa shape index (κ2) is 19.8. The molecule has 0 aromatic heterocycles. The number of halogens is 3. The molecule has 0 saturated carbocycles. The summed E-state index contributed by atoms with van der Waals surface area (Å²) >= 11 is 0. The van der Waals surface area contributed by atoms with E-state index in [0.29, 0.717) is 23.2 Å². The number of aldehydes is 1. The predicted molar refractivity (Wildman–Crippen MR) is 157 cm³/mol. The number of amides is 1. The Kier molecular flexibility index (Phi) is 16.5. The van der Waals surface area contributed by atoms with E-state index in [-0.39, 0.29) is 25.3 Å². The van der Waals surface area contributed by atoms with Crippen LogP contribution in [0.2, 0.25) is 0 Å². The van der Waals surface area contributed by atoms with Crippen molar-refractivity contribution in [3.63, 3.8) is 0 Å². The highest BCUT2D eigenvalue weighted by Crippen LogP contribution is 2.29. The highest BCUT2D eigenvalue weighted by molar-refractivity contribution is 6.20. The maximum absolute atomic E-state index is 12.8. The SMILES string of the molecule is CCCCCCCCCCCCCCCNC(=O)c1ccc(CN(Cc2ccc(C(F)(F)F)cc2)OC(=O)C=O)cc1. The van der Waals surface area contributed by atoms with Crippen LogP contribution in [0.5, 0.6) is 0 Å². The molecule has 232 valence electrons. The van der Waals surface area contributed by atoms with Gasteiger partial charge in [-0.2, -0.15) is 13.2 Å². The number of alkyl halides is 3. The van der Waals surface area contributed by atoms with E-state index in [1.165, 1.54) is 87.8 Å². The molecule has 1 amide bonds. The number of unbranched alkanes of at least 4 members (excludes halogenated alkanes) is 12. The van der Waals surface area contributed by atoms with Gasteiger partial charge in [0.25, 0.3) is 5.91 Å². The van der Waals surface area contributed by atoms with E-state index in [1.54, 1.807) is 24.3 Å². The molecule has 0 radical (unpaired) electrons. The third kappa shape index (κ3) is 14.6. The Balaban J connectivity index is 1.69. The predicted octanol–water partition coefficient (Wildman–Crippen LogP) is 8.19. The summed E-state index contributed by atoms with van der Waals surface area (Å²) in [7, 11) is 0. The van der Waals surface area contributed by atoms with Crippen LogP contribution in [0.15, 0.2) is 48.5 Å². The Morgan fingerprint density at radius 3 is 1.64 bits per heavy atom. The highest BCUT2D eigenvalue weighted by Gasteiger charge is 2.30. The van der Waals surface area contributed by atoms with E-state index in [2.05, 4.69) is 12.2 Å². The van der Waals surface area contributed by atoms with E-state index in [9.17, 15) is 27.6 Å². The minimum atomic E-state index is -4.46. The van der Waals surface area contributed by atoms with E-state index >= 15 is 0 Å². The van der Waals surface area contributed by atoms with Gasteiger partial charge in [-0.15, -0.1) is 5.06 Å². The lowest BCUT2D eigenvalue weighted by molar-refractivity contribution is -0.195. The molecule has 0 saturated heterocycles. The molecule has 0 spiro atoms. The molecule has 0 aliphatic carbocycles. The first-order valence-corrected chi connectivity index (χ1v) is 15.2. The van der Waals surface area contributed by atoms with Gasteiger partial charge in [0.05, 0.1) is 18.7 Å². The van der Waals surface area contributed by atoms with Gasteiger partial charge in [0.2, 0.25) is 6.29 Å². The van der Waals surface area contributed by atoms with Crippen LogP contribution < -0.4 is 5.32 Å².